The highest BCUT2D eigenvalue weighted by molar-refractivity contribution is 8.13. The van der Waals surface area contributed by atoms with Gasteiger partial charge in [0.15, 0.2) is 0 Å². The van der Waals surface area contributed by atoms with Gasteiger partial charge in [-0.1, -0.05) is 12.1 Å². The van der Waals surface area contributed by atoms with Crippen LogP contribution in [-0.2, 0) is 9.53 Å². The number of carboxylic acid groups (broad SMARTS) is 1. The lowest BCUT2D eigenvalue weighted by Gasteiger charge is -2.08. The maximum Gasteiger partial charge on any atom is 0.372 e. The average Bonchev–Trinajstić information content (AvgIpc) is 2.30. The molecule has 0 spiro atoms. The van der Waals surface area contributed by atoms with Gasteiger partial charge in [-0.15, -0.1) is 0 Å². The predicted molar refractivity (Wildman–Crippen MR) is 62.5 cm³/mol. The quantitative estimate of drug-likeness (QED) is 0.644. The first-order valence-corrected chi connectivity index (χ1v) is 5.64. The molecule has 1 N–H and O–H groups in total. The van der Waals surface area contributed by atoms with Crippen molar-refractivity contribution in [2.24, 2.45) is 0 Å². The van der Waals surface area contributed by atoms with Gasteiger partial charge in [-0.05, 0) is 23.9 Å². The summed E-state index contributed by atoms with van der Waals surface area (Å²) in [5, 5.41) is 8.04. The van der Waals surface area contributed by atoms with Gasteiger partial charge in [0.1, 0.15) is 5.75 Å². The van der Waals surface area contributed by atoms with E-state index in [0.717, 1.165) is 11.8 Å². The second kappa shape index (κ2) is 6.80. The molecule has 92 valence electrons. The summed E-state index contributed by atoms with van der Waals surface area (Å²) in [7, 11) is 1.29. The van der Waals surface area contributed by atoms with Crippen molar-refractivity contribution in [1.82, 2.24) is 0 Å². The van der Waals surface area contributed by atoms with Crippen LogP contribution in [0.15, 0.2) is 29.2 Å². The van der Waals surface area contributed by atoms with Crippen molar-refractivity contribution in [2.75, 3.05) is 13.7 Å². The van der Waals surface area contributed by atoms with Crippen LogP contribution in [-0.4, -0.2) is 30.1 Å². The van der Waals surface area contributed by atoms with Gasteiger partial charge in [0.25, 0.3) is 0 Å². The Balaban J connectivity index is 2.64. The average molecular weight is 256 g/mol. The summed E-state index contributed by atoms with van der Waals surface area (Å²) in [6.45, 7) is 0.0636. The zero-order valence-electron chi connectivity index (χ0n) is 9.21. The van der Waals surface area contributed by atoms with Crippen LogP contribution in [0, 0.1) is 0 Å². The number of aliphatic carboxylic acids is 1. The van der Waals surface area contributed by atoms with E-state index < -0.39 is 11.3 Å². The zero-order valence-corrected chi connectivity index (χ0v) is 10.0. The number of ether oxygens (including phenoxy) is 2. The molecule has 5 nitrogen and oxygen atoms in total. The van der Waals surface area contributed by atoms with E-state index in [2.05, 4.69) is 4.74 Å². The first-order chi connectivity index (χ1) is 8.13. The summed E-state index contributed by atoms with van der Waals surface area (Å²) in [4.78, 5) is 22.0. The maximum atomic E-state index is 11.1. The van der Waals surface area contributed by atoms with Crippen LogP contribution in [0.3, 0.4) is 0 Å². The van der Waals surface area contributed by atoms with Gasteiger partial charge < -0.3 is 14.6 Å². The van der Waals surface area contributed by atoms with Gasteiger partial charge in [-0.2, -0.15) is 0 Å². The number of hydrogen-bond donors (Lipinski definition) is 1. The lowest BCUT2D eigenvalue weighted by atomic mass is 10.3. The second-order valence-corrected chi connectivity index (χ2v) is 3.97. The molecule has 0 saturated carbocycles. The topological polar surface area (TPSA) is 72.8 Å². The summed E-state index contributed by atoms with van der Waals surface area (Å²) in [5.74, 6) is -0.452. The van der Waals surface area contributed by atoms with Crippen molar-refractivity contribution < 1.29 is 24.2 Å². The molecular formula is C11H12O5S. The number of hydrogen-bond acceptors (Lipinski definition) is 5. The largest absolute Gasteiger partial charge is 0.492 e. The Morgan fingerprint density at radius 2 is 2.06 bits per heavy atom. The Morgan fingerprint density at radius 1 is 1.35 bits per heavy atom. The molecule has 0 aliphatic rings. The van der Waals surface area contributed by atoms with Crippen molar-refractivity contribution in [1.29, 1.82) is 0 Å². The molecule has 0 fully saturated rings. The number of carbonyl (C=O) groups excluding carboxylic acids is 1. The molecule has 0 atom stereocenters. The Hall–Kier alpha value is -1.69. The minimum atomic E-state index is -0.928. The molecule has 0 aromatic heterocycles. The number of carbonyl (C=O) groups is 2. The van der Waals surface area contributed by atoms with E-state index in [-0.39, 0.29) is 13.0 Å². The van der Waals surface area contributed by atoms with Gasteiger partial charge in [0, 0.05) is 0 Å². The summed E-state index contributed by atoms with van der Waals surface area (Å²) in [6, 6.07) is 6.89. The SMILES string of the molecule is COC(=O)Sc1ccccc1OCCC(=O)O. The first kappa shape index (κ1) is 13.4. The molecule has 0 heterocycles. The van der Waals surface area contributed by atoms with E-state index in [1.807, 2.05) is 0 Å². The predicted octanol–water partition coefficient (Wildman–Crippen LogP) is 2.40. The lowest BCUT2D eigenvalue weighted by Crippen LogP contribution is -2.05. The smallest absolute Gasteiger partial charge is 0.372 e. The van der Waals surface area contributed by atoms with E-state index in [4.69, 9.17) is 9.84 Å². The van der Waals surface area contributed by atoms with Crippen molar-refractivity contribution in [2.45, 2.75) is 11.3 Å². The van der Waals surface area contributed by atoms with E-state index in [1.165, 1.54) is 7.11 Å². The number of methoxy groups -OCH3 is 1. The highest BCUT2D eigenvalue weighted by atomic mass is 32.2. The molecule has 0 saturated heterocycles. The van der Waals surface area contributed by atoms with E-state index >= 15 is 0 Å². The van der Waals surface area contributed by atoms with Crippen LogP contribution in [0.4, 0.5) is 4.79 Å². The molecular weight excluding hydrogens is 244 g/mol. The van der Waals surface area contributed by atoms with Gasteiger partial charge in [-0.25, -0.2) is 4.79 Å². The molecule has 6 heteroatoms. The fourth-order valence-electron chi connectivity index (χ4n) is 1.03. The highest BCUT2D eigenvalue weighted by Gasteiger charge is 2.10. The molecule has 0 radical (unpaired) electrons. The number of rotatable bonds is 5. The standard InChI is InChI=1S/C11H12O5S/c1-15-11(14)17-9-5-3-2-4-8(9)16-7-6-10(12)13/h2-5H,6-7H2,1H3,(H,12,13). The van der Waals surface area contributed by atoms with Crippen molar-refractivity contribution in [3.05, 3.63) is 24.3 Å². The zero-order chi connectivity index (χ0) is 12.7. The maximum absolute atomic E-state index is 11.1. The molecule has 0 aliphatic heterocycles. The molecule has 0 unspecified atom stereocenters. The Bertz CT molecular complexity index is 405. The molecule has 1 aromatic carbocycles. The van der Waals surface area contributed by atoms with Crippen molar-refractivity contribution in [3.8, 4) is 5.75 Å². The summed E-state index contributed by atoms with van der Waals surface area (Å²) < 4.78 is 9.81. The first-order valence-electron chi connectivity index (χ1n) is 4.83. The molecule has 0 bridgehead atoms. The number of thioether (sulfide) groups is 1. The highest BCUT2D eigenvalue weighted by Crippen LogP contribution is 2.30. The monoisotopic (exact) mass is 256 g/mol. The Kier molecular flexibility index (Phi) is 5.35. The summed E-state index contributed by atoms with van der Waals surface area (Å²) >= 11 is 0.895. The minimum absolute atomic E-state index is 0.0636. The van der Waals surface area contributed by atoms with Gasteiger partial charge >= 0.3 is 11.3 Å². The molecule has 17 heavy (non-hydrogen) atoms. The Morgan fingerprint density at radius 3 is 2.71 bits per heavy atom. The molecule has 1 aromatic rings. The second-order valence-electron chi connectivity index (χ2n) is 3.00. The van der Waals surface area contributed by atoms with E-state index in [0.29, 0.717) is 10.6 Å². The Labute approximate surface area is 103 Å². The third-order valence-corrected chi connectivity index (χ3v) is 2.67. The lowest BCUT2D eigenvalue weighted by molar-refractivity contribution is -0.137. The normalized spacial score (nSPS) is 9.71. The number of para-hydroxylation sites is 1. The van der Waals surface area contributed by atoms with Crippen LogP contribution >= 0.6 is 11.8 Å². The third-order valence-electron chi connectivity index (χ3n) is 1.78. The molecule has 1 rings (SSSR count). The van der Waals surface area contributed by atoms with Crippen LogP contribution in [0.1, 0.15) is 6.42 Å². The van der Waals surface area contributed by atoms with Gasteiger partial charge in [0.2, 0.25) is 0 Å². The molecule has 0 amide bonds. The fourth-order valence-corrected chi connectivity index (χ4v) is 1.67. The number of benzene rings is 1. The number of carboxylic acids is 1. The summed E-state index contributed by atoms with van der Waals surface area (Å²) in [6.07, 6.45) is -0.0861. The van der Waals surface area contributed by atoms with Crippen LogP contribution < -0.4 is 4.74 Å². The van der Waals surface area contributed by atoms with Crippen molar-refractivity contribution in [3.63, 3.8) is 0 Å². The molecule has 0 aliphatic carbocycles. The van der Waals surface area contributed by atoms with Gasteiger partial charge in [0.05, 0.1) is 25.0 Å². The van der Waals surface area contributed by atoms with Crippen molar-refractivity contribution >= 4 is 23.0 Å². The fraction of sp³-hybridized carbons (Fsp3) is 0.273. The van der Waals surface area contributed by atoms with Crippen LogP contribution in [0.2, 0.25) is 0 Å². The van der Waals surface area contributed by atoms with Gasteiger partial charge in [-0.3, -0.25) is 4.79 Å². The minimum Gasteiger partial charge on any atom is -0.492 e. The third kappa shape index (κ3) is 4.78. The summed E-state index contributed by atoms with van der Waals surface area (Å²) in [5.41, 5.74) is 0. The van der Waals surface area contributed by atoms with E-state index in [9.17, 15) is 9.59 Å². The van der Waals surface area contributed by atoms with Crippen LogP contribution in [0.25, 0.3) is 0 Å². The van der Waals surface area contributed by atoms with Crippen LogP contribution in [0.5, 0.6) is 5.75 Å². The van der Waals surface area contributed by atoms with E-state index in [1.54, 1.807) is 24.3 Å².